The Kier molecular flexibility index (Phi) is 4.73. The van der Waals surface area contributed by atoms with Crippen molar-refractivity contribution < 1.29 is 4.43 Å². The zero-order chi connectivity index (χ0) is 14.5. The second-order valence-corrected chi connectivity index (χ2v) is 7.40. The quantitative estimate of drug-likeness (QED) is 0.626. The molecular formula is C15H21N3OSi. The summed E-state index contributed by atoms with van der Waals surface area (Å²) in [6.45, 7) is 6.32. The number of rotatable bonds is 5. The van der Waals surface area contributed by atoms with Crippen LogP contribution in [0.1, 0.15) is 11.3 Å². The lowest BCUT2D eigenvalue weighted by Crippen LogP contribution is -2.11. The summed E-state index contributed by atoms with van der Waals surface area (Å²) < 4.78 is 7.72. The van der Waals surface area contributed by atoms with Gasteiger partial charge in [0, 0.05) is 25.9 Å². The van der Waals surface area contributed by atoms with Gasteiger partial charge in [-0.05, 0) is 37.7 Å². The topological polar surface area (TPSA) is 39.4 Å². The molecule has 4 nitrogen and oxygen atoms in total. The Morgan fingerprint density at radius 1 is 1.35 bits per heavy atom. The molecule has 20 heavy (non-hydrogen) atoms. The number of hydrogen-bond acceptors (Lipinski definition) is 3. The average molecular weight is 287 g/mol. The average Bonchev–Trinajstić information content (AvgIpc) is 2.69. The van der Waals surface area contributed by atoms with Crippen LogP contribution in [0, 0.1) is 6.92 Å². The highest BCUT2D eigenvalue weighted by Crippen LogP contribution is 2.27. The molecule has 0 spiro atoms. The minimum atomic E-state index is -1.11. The van der Waals surface area contributed by atoms with E-state index in [2.05, 4.69) is 23.2 Å². The third-order valence-corrected chi connectivity index (χ3v) is 3.61. The fourth-order valence-electron chi connectivity index (χ4n) is 2.01. The first-order valence-electron chi connectivity index (χ1n) is 6.83. The Labute approximate surface area is 121 Å². The number of benzene rings is 1. The Morgan fingerprint density at radius 3 is 2.75 bits per heavy atom. The summed E-state index contributed by atoms with van der Waals surface area (Å²) in [4.78, 5) is 4.54. The zero-order valence-electron chi connectivity index (χ0n) is 12.5. The summed E-state index contributed by atoms with van der Waals surface area (Å²) in [6, 6.07) is 7.93. The van der Waals surface area contributed by atoms with Crippen molar-refractivity contribution in [3.8, 4) is 5.75 Å². The molecule has 0 saturated carbocycles. The predicted octanol–water partition coefficient (Wildman–Crippen LogP) is 3.04. The highest BCUT2D eigenvalue weighted by atomic mass is 28.3. The molecule has 1 aromatic heterocycles. The summed E-state index contributed by atoms with van der Waals surface area (Å²) in [5, 5.41) is 4.33. The van der Waals surface area contributed by atoms with E-state index >= 15 is 0 Å². The highest BCUT2D eigenvalue weighted by Gasteiger charge is 2.04. The number of aryl methyl sites for hydroxylation is 2. The first kappa shape index (κ1) is 14.5. The lowest BCUT2D eigenvalue weighted by Gasteiger charge is -2.11. The molecule has 0 saturated heterocycles. The van der Waals surface area contributed by atoms with E-state index in [-0.39, 0.29) is 0 Å². The second kappa shape index (κ2) is 6.52. The molecule has 2 rings (SSSR count). The minimum Gasteiger partial charge on any atom is -0.546 e. The lowest BCUT2D eigenvalue weighted by molar-refractivity contribution is 0.582. The first-order valence-corrected chi connectivity index (χ1v) is 9.61. The molecule has 0 aliphatic carbocycles. The molecule has 2 aromatic rings. The lowest BCUT2D eigenvalue weighted by atomic mass is 10.2. The van der Waals surface area contributed by atoms with Crippen molar-refractivity contribution in [2.24, 2.45) is 12.0 Å². The Morgan fingerprint density at radius 2 is 2.10 bits per heavy atom. The van der Waals surface area contributed by atoms with Crippen molar-refractivity contribution in [3.05, 3.63) is 41.7 Å². The van der Waals surface area contributed by atoms with Gasteiger partial charge in [-0.25, -0.2) is 0 Å². The van der Waals surface area contributed by atoms with Gasteiger partial charge in [-0.1, -0.05) is 12.1 Å². The maximum absolute atomic E-state index is 5.88. The number of nitrogens with zero attached hydrogens (tertiary/aromatic N) is 3. The van der Waals surface area contributed by atoms with Gasteiger partial charge in [-0.3, -0.25) is 9.67 Å². The minimum absolute atomic E-state index is 0.785. The van der Waals surface area contributed by atoms with E-state index in [9.17, 15) is 0 Å². The maximum atomic E-state index is 5.88. The Bertz CT molecular complexity index is 605. The van der Waals surface area contributed by atoms with Crippen LogP contribution in [0.2, 0.25) is 13.1 Å². The molecule has 0 fully saturated rings. The zero-order valence-corrected chi connectivity index (χ0v) is 13.7. The SMILES string of the molecule is Cc1nn(C)cc1CC=Nc1ccccc1O[SiH](C)C. The van der Waals surface area contributed by atoms with Crippen LogP contribution >= 0.6 is 0 Å². The summed E-state index contributed by atoms with van der Waals surface area (Å²) >= 11 is 0. The van der Waals surface area contributed by atoms with Gasteiger partial charge in [0.1, 0.15) is 11.4 Å². The van der Waals surface area contributed by atoms with Crippen molar-refractivity contribution in [1.29, 1.82) is 0 Å². The van der Waals surface area contributed by atoms with E-state index in [4.69, 9.17) is 4.43 Å². The smallest absolute Gasteiger partial charge is 0.229 e. The van der Waals surface area contributed by atoms with E-state index in [1.807, 2.05) is 55.3 Å². The monoisotopic (exact) mass is 287 g/mol. The standard InChI is InChI=1S/C15H21N3OSi/c1-12-13(11-18(2)17-12)9-10-16-14-7-5-6-8-15(14)19-20(3)4/h5-8,10-11,20H,9H2,1-4H3. The van der Waals surface area contributed by atoms with Crippen molar-refractivity contribution in [2.45, 2.75) is 26.4 Å². The van der Waals surface area contributed by atoms with Crippen LogP contribution in [0.3, 0.4) is 0 Å². The molecule has 0 N–H and O–H groups in total. The van der Waals surface area contributed by atoms with Crippen molar-refractivity contribution in [3.63, 3.8) is 0 Å². The number of para-hydroxylation sites is 2. The molecule has 5 heteroatoms. The molecule has 106 valence electrons. The van der Waals surface area contributed by atoms with Crippen LogP contribution in [0.5, 0.6) is 5.75 Å². The van der Waals surface area contributed by atoms with E-state index < -0.39 is 9.04 Å². The Hall–Kier alpha value is -1.88. The van der Waals surface area contributed by atoms with Gasteiger partial charge >= 0.3 is 0 Å². The van der Waals surface area contributed by atoms with Gasteiger partial charge in [0.15, 0.2) is 0 Å². The van der Waals surface area contributed by atoms with Crippen LogP contribution in [-0.4, -0.2) is 25.0 Å². The molecule has 0 aliphatic rings. The number of hydrogen-bond donors (Lipinski definition) is 0. The summed E-state index contributed by atoms with van der Waals surface area (Å²) in [7, 11) is 0.824. The van der Waals surface area contributed by atoms with Gasteiger partial charge in [0.2, 0.25) is 9.04 Å². The fourth-order valence-corrected chi connectivity index (χ4v) is 2.72. The van der Waals surface area contributed by atoms with Gasteiger partial charge in [-0.15, -0.1) is 0 Å². The molecule has 0 atom stereocenters. The second-order valence-electron chi connectivity index (χ2n) is 5.06. The summed E-state index contributed by atoms with van der Waals surface area (Å²) in [5.74, 6) is 0.883. The summed E-state index contributed by atoms with van der Waals surface area (Å²) in [5.41, 5.74) is 3.15. The Balaban J connectivity index is 2.09. The van der Waals surface area contributed by atoms with Crippen LogP contribution in [-0.2, 0) is 13.5 Å². The highest BCUT2D eigenvalue weighted by molar-refractivity contribution is 6.49. The number of aliphatic imine (C=N–C) groups is 1. The van der Waals surface area contributed by atoms with Crippen molar-refractivity contribution in [2.75, 3.05) is 0 Å². The number of aromatic nitrogens is 2. The molecule has 0 amide bonds. The van der Waals surface area contributed by atoms with E-state index in [0.717, 1.165) is 23.6 Å². The van der Waals surface area contributed by atoms with Crippen LogP contribution in [0.4, 0.5) is 5.69 Å². The van der Waals surface area contributed by atoms with E-state index in [1.165, 1.54) is 5.56 Å². The van der Waals surface area contributed by atoms with Crippen molar-refractivity contribution >= 4 is 20.9 Å². The molecule has 0 unspecified atom stereocenters. The fraction of sp³-hybridized carbons (Fsp3) is 0.333. The van der Waals surface area contributed by atoms with Crippen LogP contribution in [0.25, 0.3) is 0 Å². The third kappa shape index (κ3) is 3.80. The first-order chi connectivity index (χ1) is 9.56. The van der Waals surface area contributed by atoms with E-state index in [1.54, 1.807) is 0 Å². The maximum Gasteiger partial charge on any atom is 0.229 e. The van der Waals surface area contributed by atoms with Crippen LogP contribution in [0.15, 0.2) is 35.5 Å². The molecule has 0 bridgehead atoms. The van der Waals surface area contributed by atoms with Gasteiger partial charge in [0.25, 0.3) is 0 Å². The van der Waals surface area contributed by atoms with Gasteiger partial charge in [0.05, 0.1) is 5.69 Å². The normalized spacial score (nSPS) is 11.4. The predicted molar refractivity (Wildman–Crippen MR) is 85.7 cm³/mol. The van der Waals surface area contributed by atoms with Crippen molar-refractivity contribution in [1.82, 2.24) is 9.78 Å². The molecule has 1 aromatic carbocycles. The molecular weight excluding hydrogens is 266 g/mol. The largest absolute Gasteiger partial charge is 0.546 e. The summed E-state index contributed by atoms with van der Waals surface area (Å²) in [6.07, 6.45) is 4.74. The van der Waals surface area contributed by atoms with Gasteiger partial charge in [-0.2, -0.15) is 5.10 Å². The van der Waals surface area contributed by atoms with E-state index in [0.29, 0.717) is 0 Å². The molecule has 0 radical (unpaired) electrons. The molecule has 1 heterocycles. The third-order valence-electron chi connectivity index (χ3n) is 2.88. The van der Waals surface area contributed by atoms with Gasteiger partial charge < -0.3 is 4.43 Å². The van der Waals surface area contributed by atoms with Crippen LogP contribution < -0.4 is 4.43 Å². The molecule has 0 aliphatic heterocycles.